The third-order valence-corrected chi connectivity index (χ3v) is 6.89. The SMILES string of the molecule is Cc1ccc(S(=O)N[C@@H](CC(=O)NC(C)(C)C)C(=O)NCCNC(=O)c2cccc(N3CCNC3=O)c2)cc1. The molecule has 0 spiro atoms. The lowest BCUT2D eigenvalue weighted by Crippen LogP contribution is -2.50. The lowest BCUT2D eigenvalue weighted by atomic mass is 10.1. The topological polar surface area (TPSA) is 149 Å². The standard InChI is InChI=1S/C27H36N6O5S/c1-18-8-10-21(11-9-18)39(38)32-22(17-23(34)31-27(2,3)4)25(36)29-13-12-28-24(35)19-6-5-7-20(16-19)33-15-14-30-26(33)37/h5-11,16,22,32H,12-15,17H2,1-4H3,(H,28,35)(H,29,36)(H,30,37)(H,31,34)/t22-,39?/m0/s1. The lowest BCUT2D eigenvalue weighted by molar-refractivity contribution is -0.128. The molecule has 1 unspecified atom stereocenters. The van der Waals surface area contributed by atoms with Crippen molar-refractivity contribution in [2.75, 3.05) is 31.1 Å². The highest BCUT2D eigenvalue weighted by atomic mass is 32.2. The van der Waals surface area contributed by atoms with Gasteiger partial charge in [0.1, 0.15) is 17.0 Å². The molecule has 0 aliphatic carbocycles. The highest BCUT2D eigenvalue weighted by Gasteiger charge is 2.26. The van der Waals surface area contributed by atoms with Crippen LogP contribution in [-0.2, 0) is 20.6 Å². The van der Waals surface area contributed by atoms with Crippen molar-refractivity contribution in [3.05, 3.63) is 59.7 Å². The zero-order chi connectivity index (χ0) is 28.6. The van der Waals surface area contributed by atoms with E-state index in [0.29, 0.717) is 29.2 Å². The molecule has 11 nitrogen and oxygen atoms in total. The summed E-state index contributed by atoms with van der Waals surface area (Å²) in [5.41, 5.74) is 1.51. The summed E-state index contributed by atoms with van der Waals surface area (Å²) in [7, 11) is -1.72. The Kier molecular flexibility index (Phi) is 10.2. The van der Waals surface area contributed by atoms with Crippen LogP contribution in [0.5, 0.6) is 0 Å². The first kappa shape index (κ1) is 29.8. The Bertz CT molecular complexity index is 1230. The Morgan fingerprint density at radius 1 is 1.05 bits per heavy atom. The Labute approximate surface area is 231 Å². The maximum Gasteiger partial charge on any atom is 0.321 e. The van der Waals surface area contributed by atoms with Gasteiger partial charge in [-0.15, -0.1) is 0 Å². The maximum atomic E-state index is 13.0. The fourth-order valence-corrected chi connectivity index (χ4v) is 4.79. The molecule has 3 rings (SSSR count). The van der Waals surface area contributed by atoms with Crippen molar-refractivity contribution in [1.82, 2.24) is 26.0 Å². The van der Waals surface area contributed by atoms with Gasteiger partial charge in [-0.2, -0.15) is 0 Å². The molecule has 5 N–H and O–H groups in total. The molecular weight excluding hydrogens is 520 g/mol. The van der Waals surface area contributed by atoms with Crippen molar-refractivity contribution < 1.29 is 23.4 Å². The number of aryl methyl sites for hydroxylation is 1. The van der Waals surface area contributed by atoms with Crippen molar-refractivity contribution in [2.24, 2.45) is 0 Å². The van der Waals surface area contributed by atoms with E-state index in [-0.39, 0.29) is 37.4 Å². The summed E-state index contributed by atoms with van der Waals surface area (Å²) in [5, 5.41) is 11.0. The van der Waals surface area contributed by atoms with E-state index in [9.17, 15) is 23.4 Å². The largest absolute Gasteiger partial charge is 0.353 e. The van der Waals surface area contributed by atoms with Gasteiger partial charge in [0.2, 0.25) is 11.8 Å². The fourth-order valence-electron chi connectivity index (χ4n) is 3.82. The van der Waals surface area contributed by atoms with Crippen LogP contribution in [0.2, 0.25) is 0 Å². The second kappa shape index (κ2) is 13.3. The van der Waals surface area contributed by atoms with Gasteiger partial charge in [-0.3, -0.25) is 19.3 Å². The van der Waals surface area contributed by atoms with Crippen molar-refractivity contribution in [3.8, 4) is 0 Å². The molecule has 1 saturated heterocycles. The Hall–Kier alpha value is -3.77. The normalized spacial score (nSPS) is 14.8. The number of nitrogens with one attached hydrogen (secondary N) is 5. The summed E-state index contributed by atoms with van der Waals surface area (Å²) < 4.78 is 15.6. The van der Waals surface area contributed by atoms with Crippen LogP contribution in [0.1, 0.15) is 43.1 Å². The van der Waals surface area contributed by atoms with E-state index < -0.39 is 28.5 Å². The second-order valence-corrected chi connectivity index (χ2v) is 11.5. The van der Waals surface area contributed by atoms with E-state index in [4.69, 9.17) is 0 Å². The van der Waals surface area contributed by atoms with E-state index in [1.807, 2.05) is 39.8 Å². The maximum absolute atomic E-state index is 13.0. The molecule has 2 atom stereocenters. The minimum atomic E-state index is -1.72. The molecule has 0 aromatic heterocycles. The van der Waals surface area contributed by atoms with E-state index in [0.717, 1.165) is 5.56 Å². The predicted octanol–water partition coefficient (Wildman–Crippen LogP) is 1.36. The van der Waals surface area contributed by atoms with Gasteiger partial charge in [-0.1, -0.05) is 23.8 Å². The number of hydrogen-bond acceptors (Lipinski definition) is 5. The van der Waals surface area contributed by atoms with Crippen molar-refractivity contribution in [1.29, 1.82) is 0 Å². The first-order valence-electron chi connectivity index (χ1n) is 12.7. The molecule has 2 aromatic carbocycles. The number of hydrogen-bond donors (Lipinski definition) is 5. The van der Waals surface area contributed by atoms with Crippen LogP contribution in [0.15, 0.2) is 53.4 Å². The number of nitrogens with zero attached hydrogens (tertiary/aromatic N) is 1. The van der Waals surface area contributed by atoms with Crippen molar-refractivity contribution in [3.63, 3.8) is 0 Å². The van der Waals surface area contributed by atoms with Crippen LogP contribution in [-0.4, -0.2) is 65.7 Å². The Morgan fingerprint density at radius 3 is 2.38 bits per heavy atom. The molecule has 39 heavy (non-hydrogen) atoms. The summed E-state index contributed by atoms with van der Waals surface area (Å²) >= 11 is 0. The molecule has 1 heterocycles. The molecule has 2 aromatic rings. The van der Waals surface area contributed by atoms with Crippen LogP contribution < -0.4 is 30.9 Å². The number of carbonyl (C=O) groups is 4. The van der Waals surface area contributed by atoms with Crippen molar-refractivity contribution in [2.45, 2.75) is 50.6 Å². The molecule has 5 amide bonds. The Balaban J connectivity index is 1.56. The average Bonchev–Trinajstić information content (AvgIpc) is 3.31. The molecule has 1 aliphatic heterocycles. The Morgan fingerprint density at radius 2 is 1.74 bits per heavy atom. The van der Waals surface area contributed by atoms with Gasteiger partial charge in [-0.25, -0.2) is 13.7 Å². The molecule has 0 saturated carbocycles. The second-order valence-electron chi connectivity index (χ2n) is 10.2. The highest BCUT2D eigenvalue weighted by Crippen LogP contribution is 2.18. The zero-order valence-corrected chi connectivity index (χ0v) is 23.4. The van der Waals surface area contributed by atoms with Gasteiger partial charge in [0.15, 0.2) is 0 Å². The van der Waals surface area contributed by atoms with Crippen LogP contribution in [0.3, 0.4) is 0 Å². The van der Waals surface area contributed by atoms with E-state index in [2.05, 4.69) is 26.0 Å². The minimum absolute atomic E-state index is 0.0923. The summed E-state index contributed by atoms with van der Waals surface area (Å²) in [4.78, 5) is 52.1. The third-order valence-electron chi connectivity index (χ3n) is 5.69. The summed E-state index contributed by atoms with van der Waals surface area (Å²) in [6.45, 7) is 8.68. The lowest BCUT2D eigenvalue weighted by Gasteiger charge is -2.23. The van der Waals surface area contributed by atoms with Gasteiger partial charge in [0, 0.05) is 43.0 Å². The highest BCUT2D eigenvalue weighted by molar-refractivity contribution is 7.83. The molecule has 210 valence electrons. The number of rotatable bonds is 11. The van der Waals surface area contributed by atoms with Gasteiger partial charge in [0.25, 0.3) is 5.91 Å². The van der Waals surface area contributed by atoms with Crippen LogP contribution in [0.4, 0.5) is 10.5 Å². The van der Waals surface area contributed by atoms with Gasteiger partial charge in [-0.05, 0) is 58.0 Å². The van der Waals surface area contributed by atoms with Crippen LogP contribution in [0.25, 0.3) is 0 Å². The van der Waals surface area contributed by atoms with E-state index in [1.54, 1.807) is 41.3 Å². The molecule has 0 bridgehead atoms. The minimum Gasteiger partial charge on any atom is -0.353 e. The smallest absolute Gasteiger partial charge is 0.321 e. The quantitative estimate of drug-likeness (QED) is 0.265. The fraction of sp³-hybridized carbons (Fsp3) is 0.407. The third kappa shape index (κ3) is 9.18. The average molecular weight is 557 g/mol. The summed E-state index contributed by atoms with van der Waals surface area (Å²) in [6, 6.07) is 12.5. The predicted molar refractivity (Wildman–Crippen MR) is 150 cm³/mol. The van der Waals surface area contributed by atoms with E-state index >= 15 is 0 Å². The van der Waals surface area contributed by atoms with E-state index in [1.165, 1.54) is 0 Å². The first-order chi connectivity index (χ1) is 18.4. The molecule has 12 heteroatoms. The van der Waals surface area contributed by atoms with Crippen LogP contribution >= 0.6 is 0 Å². The molecule has 1 fully saturated rings. The number of benzene rings is 2. The van der Waals surface area contributed by atoms with Gasteiger partial charge >= 0.3 is 6.03 Å². The van der Waals surface area contributed by atoms with Gasteiger partial charge in [0.05, 0.1) is 11.3 Å². The van der Waals surface area contributed by atoms with Crippen LogP contribution in [0, 0.1) is 6.92 Å². The number of carbonyl (C=O) groups excluding carboxylic acids is 4. The summed E-state index contributed by atoms with van der Waals surface area (Å²) in [6.07, 6.45) is -0.218. The molecular formula is C27H36N6O5S. The number of amides is 5. The number of anilines is 1. The monoisotopic (exact) mass is 556 g/mol. The summed E-state index contributed by atoms with van der Waals surface area (Å²) in [5.74, 6) is -1.24. The zero-order valence-electron chi connectivity index (χ0n) is 22.6. The van der Waals surface area contributed by atoms with Gasteiger partial charge < -0.3 is 21.3 Å². The molecule has 0 radical (unpaired) electrons. The van der Waals surface area contributed by atoms with Crippen molar-refractivity contribution >= 4 is 40.4 Å². The first-order valence-corrected chi connectivity index (χ1v) is 13.8. The number of urea groups is 1. The molecule has 1 aliphatic rings.